The van der Waals surface area contributed by atoms with Crippen molar-refractivity contribution in [3.05, 3.63) is 23.3 Å². The highest BCUT2D eigenvalue weighted by Gasteiger charge is 2.19. The van der Waals surface area contributed by atoms with Gasteiger partial charge in [0, 0.05) is 18.7 Å². The lowest BCUT2D eigenvalue weighted by atomic mass is 9.94. The number of piperidine rings is 1. The van der Waals surface area contributed by atoms with Crippen molar-refractivity contribution in [2.75, 3.05) is 27.9 Å². The van der Waals surface area contributed by atoms with E-state index in [4.69, 9.17) is 14.2 Å². The first-order chi connectivity index (χ1) is 9.80. The van der Waals surface area contributed by atoms with Crippen molar-refractivity contribution in [2.45, 2.75) is 38.3 Å². The van der Waals surface area contributed by atoms with Gasteiger partial charge in [-0.15, -0.1) is 0 Å². The number of methoxy groups -OCH3 is 3. The monoisotopic (exact) mass is 279 g/mol. The summed E-state index contributed by atoms with van der Waals surface area (Å²) >= 11 is 0. The van der Waals surface area contributed by atoms with E-state index < -0.39 is 0 Å². The molecular formula is C16H25NO3. The molecule has 1 atom stereocenters. The van der Waals surface area contributed by atoms with Gasteiger partial charge in [-0.05, 0) is 37.4 Å². The number of hydrogen-bond acceptors (Lipinski definition) is 4. The van der Waals surface area contributed by atoms with Crippen LogP contribution in [0.4, 0.5) is 0 Å². The molecule has 4 nitrogen and oxygen atoms in total. The van der Waals surface area contributed by atoms with Gasteiger partial charge in [0.25, 0.3) is 0 Å². The highest BCUT2D eigenvalue weighted by Crippen LogP contribution is 2.34. The van der Waals surface area contributed by atoms with E-state index in [0.717, 1.165) is 30.0 Å². The maximum atomic E-state index is 5.52. The molecule has 1 fully saturated rings. The maximum Gasteiger partial charge on any atom is 0.166 e. The Bertz CT molecular complexity index is 428. The van der Waals surface area contributed by atoms with Crippen LogP contribution in [0.3, 0.4) is 0 Å². The summed E-state index contributed by atoms with van der Waals surface area (Å²) in [5.74, 6) is 1.56. The molecule has 112 valence electrons. The fourth-order valence-corrected chi connectivity index (χ4v) is 2.89. The first-order valence-corrected chi connectivity index (χ1v) is 7.25. The van der Waals surface area contributed by atoms with Crippen LogP contribution in [0.15, 0.2) is 12.1 Å². The van der Waals surface area contributed by atoms with Crippen LogP contribution in [-0.4, -0.2) is 33.9 Å². The van der Waals surface area contributed by atoms with E-state index in [1.54, 1.807) is 21.3 Å². The molecule has 1 unspecified atom stereocenters. The van der Waals surface area contributed by atoms with Crippen molar-refractivity contribution < 1.29 is 14.2 Å². The number of ether oxygens (including phenoxy) is 3. The van der Waals surface area contributed by atoms with Gasteiger partial charge in [0.2, 0.25) is 0 Å². The third-order valence-electron chi connectivity index (χ3n) is 3.91. The Labute approximate surface area is 121 Å². The van der Waals surface area contributed by atoms with E-state index in [9.17, 15) is 0 Å². The van der Waals surface area contributed by atoms with Gasteiger partial charge in [0.15, 0.2) is 11.5 Å². The van der Waals surface area contributed by atoms with Gasteiger partial charge >= 0.3 is 0 Å². The normalized spacial score (nSPS) is 18.9. The van der Waals surface area contributed by atoms with E-state index >= 15 is 0 Å². The summed E-state index contributed by atoms with van der Waals surface area (Å²) in [7, 11) is 5.05. The second kappa shape index (κ2) is 7.50. The van der Waals surface area contributed by atoms with Gasteiger partial charge in [-0.25, -0.2) is 0 Å². The van der Waals surface area contributed by atoms with Crippen LogP contribution in [0.5, 0.6) is 11.5 Å². The number of nitrogens with one attached hydrogen (secondary N) is 1. The Morgan fingerprint density at radius 2 is 2.00 bits per heavy atom. The molecule has 1 saturated heterocycles. The molecule has 1 heterocycles. The molecule has 1 aromatic rings. The summed E-state index contributed by atoms with van der Waals surface area (Å²) < 4.78 is 16.2. The molecule has 0 spiro atoms. The average Bonchev–Trinajstić information content (AvgIpc) is 2.49. The standard InChI is InChI=1S/C16H25NO3/c1-18-11-14-12(10-13-6-4-5-9-17-13)7-8-15(19-2)16(14)20-3/h7-8,13,17H,4-6,9-11H2,1-3H3. The van der Waals surface area contributed by atoms with Gasteiger partial charge in [0.05, 0.1) is 20.8 Å². The van der Waals surface area contributed by atoms with Crippen molar-refractivity contribution in [1.29, 1.82) is 0 Å². The van der Waals surface area contributed by atoms with Crippen molar-refractivity contribution in [3.8, 4) is 11.5 Å². The van der Waals surface area contributed by atoms with Crippen molar-refractivity contribution in [2.24, 2.45) is 0 Å². The zero-order valence-electron chi connectivity index (χ0n) is 12.7. The Morgan fingerprint density at radius 3 is 2.60 bits per heavy atom. The minimum absolute atomic E-state index is 0.544. The lowest BCUT2D eigenvalue weighted by Crippen LogP contribution is -2.35. The van der Waals surface area contributed by atoms with Crippen LogP contribution in [-0.2, 0) is 17.8 Å². The van der Waals surface area contributed by atoms with E-state index in [2.05, 4.69) is 11.4 Å². The fourth-order valence-electron chi connectivity index (χ4n) is 2.89. The van der Waals surface area contributed by atoms with Crippen LogP contribution >= 0.6 is 0 Å². The third-order valence-corrected chi connectivity index (χ3v) is 3.91. The number of benzene rings is 1. The molecule has 0 aliphatic carbocycles. The zero-order chi connectivity index (χ0) is 14.4. The Morgan fingerprint density at radius 1 is 1.15 bits per heavy atom. The molecule has 1 aliphatic heterocycles. The van der Waals surface area contributed by atoms with Crippen molar-refractivity contribution in [1.82, 2.24) is 5.32 Å². The second-order valence-corrected chi connectivity index (χ2v) is 5.22. The average molecular weight is 279 g/mol. The SMILES string of the molecule is COCc1c(CC2CCCCN2)ccc(OC)c1OC. The molecule has 0 radical (unpaired) electrons. The van der Waals surface area contributed by atoms with Gasteiger partial charge in [-0.2, -0.15) is 0 Å². The van der Waals surface area contributed by atoms with Gasteiger partial charge in [-0.3, -0.25) is 0 Å². The minimum Gasteiger partial charge on any atom is -0.493 e. The van der Waals surface area contributed by atoms with Crippen molar-refractivity contribution >= 4 is 0 Å². The van der Waals surface area contributed by atoms with Crippen LogP contribution in [0.25, 0.3) is 0 Å². The maximum absolute atomic E-state index is 5.52. The molecule has 0 amide bonds. The van der Waals surface area contributed by atoms with E-state index in [1.165, 1.54) is 24.8 Å². The van der Waals surface area contributed by atoms with Gasteiger partial charge in [-0.1, -0.05) is 12.5 Å². The zero-order valence-corrected chi connectivity index (χ0v) is 12.7. The molecule has 4 heteroatoms. The van der Waals surface area contributed by atoms with Crippen LogP contribution in [0, 0.1) is 0 Å². The molecule has 0 aromatic heterocycles. The van der Waals surface area contributed by atoms with Gasteiger partial charge in [0.1, 0.15) is 0 Å². The lowest BCUT2D eigenvalue weighted by Gasteiger charge is -2.25. The molecular weight excluding hydrogens is 254 g/mol. The van der Waals surface area contributed by atoms with Crippen LogP contribution in [0.1, 0.15) is 30.4 Å². The topological polar surface area (TPSA) is 39.7 Å². The summed E-state index contributed by atoms with van der Waals surface area (Å²) in [4.78, 5) is 0. The van der Waals surface area contributed by atoms with Gasteiger partial charge < -0.3 is 19.5 Å². The Kier molecular flexibility index (Phi) is 5.68. The van der Waals surface area contributed by atoms with Crippen LogP contribution < -0.4 is 14.8 Å². The largest absolute Gasteiger partial charge is 0.493 e. The second-order valence-electron chi connectivity index (χ2n) is 5.22. The summed E-state index contributed by atoms with van der Waals surface area (Å²) in [5.41, 5.74) is 2.38. The Hall–Kier alpha value is -1.26. The first kappa shape index (κ1) is 15.1. The highest BCUT2D eigenvalue weighted by atomic mass is 16.5. The number of hydrogen-bond donors (Lipinski definition) is 1. The molecule has 1 aliphatic rings. The molecule has 1 aromatic carbocycles. The summed E-state index contributed by atoms with van der Waals surface area (Å²) in [6.07, 6.45) is 4.84. The summed E-state index contributed by atoms with van der Waals surface area (Å²) in [5, 5.41) is 3.59. The molecule has 0 bridgehead atoms. The summed E-state index contributed by atoms with van der Waals surface area (Å²) in [6, 6.07) is 4.67. The predicted octanol–water partition coefficient (Wildman–Crippen LogP) is 2.53. The highest BCUT2D eigenvalue weighted by molar-refractivity contribution is 5.50. The van der Waals surface area contributed by atoms with Crippen molar-refractivity contribution in [3.63, 3.8) is 0 Å². The van der Waals surface area contributed by atoms with E-state index in [-0.39, 0.29) is 0 Å². The van der Waals surface area contributed by atoms with Crippen LogP contribution in [0.2, 0.25) is 0 Å². The molecule has 20 heavy (non-hydrogen) atoms. The molecule has 1 N–H and O–H groups in total. The van der Waals surface area contributed by atoms with E-state index in [1.807, 2.05) is 6.07 Å². The minimum atomic E-state index is 0.544. The molecule has 2 rings (SSSR count). The molecule has 0 saturated carbocycles. The quantitative estimate of drug-likeness (QED) is 0.868. The lowest BCUT2D eigenvalue weighted by molar-refractivity contribution is 0.179. The summed E-state index contributed by atoms with van der Waals surface area (Å²) in [6.45, 7) is 1.67. The fraction of sp³-hybridized carbons (Fsp3) is 0.625. The predicted molar refractivity (Wildman–Crippen MR) is 79.6 cm³/mol. The smallest absolute Gasteiger partial charge is 0.166 e. The van der Waals surface area contributed by atoms with E-state index in [0.29, 0.717) is 12.6 Å². The first-order valence-electron chi connectivity index (χ1n) is 7.25. The Balaban J connectivity index is 2.25. The number of rotatable bonds is 6. The third kappa shape index (κ3) is 3.44.